The van der Waals surface area contributed by atoms with Crippen LogP contribution in [0.2, 0.25) is 0 Å². The van der Waals surface area contributed by atoms with Crippen LogP contribution in [0.15, 0.2) is 18.3 Å². The number of hydrazine groups is 1. The van der Waals surface area contributed by atoms with Gasteiger partial charge in [-0.25, -0.2) is 18.8 Å². The summed E-state index contributed by atoms with van der Waals surface area (Å²) in [6.07, 6.45) is 3.45. The van der Waals surface area contributed by atoms with Crippen molar-refractivity contribution in [3.8, 4) is 0 Å². The smallest absolute Gasteiger partial charge is 0.265 e. The fraction of sp³-hybridized carbons (Fsp3) is 0.500. The maximum absolute atomic E-state index is 11.9. The Bertz CT molecular complexity index is 560. The molecule has 1 aromatic rings. The first-order valence-electron chi connectivity index (χ1n) is 6.25. The van der Waals surface area contributed by atoms with Gasteiger partial charge in [0.15, 0.2) is 9.84 Å². The molecule has 1 atom stereocenters. The average molecular weight is 300 g/mol. The molecular weight excluding hydrogens is 280 g/mol. The summed E-state index contributed by atoms with van der Waals surface area (Å²) in [6, 6.07) is 3.22. The molecule has 8 heteroatoms. The second kappa shape index (κ2) is 7.20. The zero-order valence-electron chi connectivity index (χ0n) is 11.8. The van der Waals surface area contributed by atoms with Gasteiger partial charge >= 0.3 is 0 Å². The van der Waals surface area contributed by atoms with Crippen LogP contribution in [0, 0.1) is 0 Å². The topological polar surface area (TPSA) is 100 Å². The summed E-state index contributed by atoms with van der Waals surface area (Å²) in [7, 11) is -3.14. The molecule has 1 rings (SSSR count). The van der Waals surface area contributed by atoms with Crippen molar-refractivity contribution >= 4 is 21.6 Å². The van der Waals surface area contributed by atoms with Crippen molar-refractivity contribution < 1.29 is 13.2 Å². The molecule has 7 nitrogen and oxygen atoms in total. The maximum atomic E-state index is 11.9. The number of nitrogens with one attached hydrogen (secondary N) is 3. The Balaban J connectivity index is 2.65. The molecule has 0 saturated heterocycles. The van der Waals surface area contributed by atoms with E-state index in [1.165, 1.54) is 12.3 Å². The number of pyridine rings is 1. The number of carbonyl (C=O) groups is 1. The van der Waals surface area contributed by atoms with Crippen molar-refractivity contribution in [3.05, 3.63) is 23.9 Å². The third kappa shape index (κ3) is 5.98. The number of hydrogen-bond donors (Lipinski definition) is 3. The largest absolute Gasteiger partial charge is 0.356 e. The monoisotopic (exact) mass is 300 g/mol. The quantitative estimate of drug-likeness (QED) is 0.635. The molecule has 0 aliphatic heterocycles. The zero-order chi connectivity index (χ0) is 15.2. The van der Waals surface area contributed by atoms with Gasteiger partial charge < -0.3 is 5.32 Å². The van der Waals surface area contributed by atoms with Gasteiger partial charge in [-0.1, -0.05) is 6.92 Å². The molecule has 0 saturated carbocycles. The molecule has 0 aliphatic rings. The van der Waals surface area contributed by atoms with E-state index in [0.29, 0.717) is 11.4 Å². The van der Waals surface area contributed by atoms with Gasteiger partial charge in [-0.05, 0) is 25.5 Å². The van der Waals surface area contributed by atoms with E-state index >= 15 is 0 Å². The summed E-state index contributed by atoms with van der Waals surface area (Å²) in [5, 5.41) is 2.66. The molecule has 20 heavy (non-hydrogen) atoms. The minimum Gasteiger partial charge on any atom is -0.356 e. The van der Waals surface area contributed by atoms with E-state index in [0.717, 1.165) is 12.7 Å². The van der Waals surface area contributed by atoms with Crippen LogP contribution in [0.5, 0.6) is 0 Å². The molecule has 0 spiro atoms. The van der Waals surface area contributed by atoms with Gasteiger partial charge in [-0.3, -0.25) is 10.2 Å². The predicted octanol–water partition coefficient (Wildman–Crippen LogP) is 0.529. The molecule has 0 aliphatic carbocycles. The Kier molecular flexibility index (Phi) is 5.90. The van der Waals surface area contributed by atoms with Crippen LogP contribution in [0.25, 0.3) is 0 Å². The molecule has 112 valence electrons. The summed E-state index contributed by atoms with van der Waals surface area (Å²) < 4.78 is 22.1. The van der Waals surface area contributed by atoms with Crippen LogP contribution in [0.4, 0.5) is 5.82 Å². The van der Waals surface area contributed by atoms with E-state index in [1.807, 2.05) is 13.8 Å². The lowest BCUT2D eigenvalue weighted by Crippen LogP contribution is -2.42. The fourth-order valence-electron chi connectivity index (χ4n) is 1.24. The van der Waals surface area contributed by atoms with Crippen LogP contribution < -0.4 is 16.2 Å². The normalized spacial score (nSPS) is 12.8. The van der Waals surface area contributed by atoms with Crippen molar-refractivity contribution in [2.75, 3.05) is 17.4 Å². The minimum atomic E-state index is -3.14. The third-order valence-electron chi connectivity index (χ3n) is 2.58. The number of carbonyl (C=O) groups excluding carboxylic acids is 1. The van der Waals surface area contributed by atoms with Gasteiger partial charge in [0.25, 0.3) is 5.91 Å². The first-order chi connectivity index (χ1) is 9.31. The lowest BCUT2D eigenvalue weighted by molar-refractivity contribution is 0.0926. The highest BCUT2D eigenvalue weighted by Crippen LogP contribution is 2.06. The van der Waals surface area contributed by atoms with E-state index in [-0.39, 0.29) is 17.8 Å². The molecular formula is C12H20N4O3S. The first kappa shape index (κ1) is 16.4. The summed E-state index contributed by atoms with van der Waals surface area (Å²) in [5.41, 5.74) is 5.85. The van der Waals surface area contributed by atoms with Crippen molar-refractivity contribution in [1.29, 1.82) is 0 Å². The summed E-state index contributed by atoms with van der Waals surface area (Å²) in [6.45, 7) is 3.95. The molecule has 0 aromatic carbocycles. The highest BCUT2D eigenvalue weighted by Gasteiger charge is 2.08. The number of hydrogen-bond acceptors (Lipinski definition) is 6. The van der Waals surface area contributed by atoms with E-state index in [1.54, 1.807) is 6.07 Å². The second-order valence-corrected chi connectivity index (χ2v) is 6.72. The average Bonchev–Trinajstić information content (AvgIpc) is 2.41. The van der Waals surface area contributed by atoms with Crippen molar-refractivity contribution in [3.63, 3.8) is 0 Å². The van der Waals surface area contributed by atoms with Gasteiger partial charge in [0.1, 0.15) is 11.7 Å². The van der Waals surface area contributed by atoms with Gasteiger partial charge in [0, 0.05) is 24.1 Å². The number of anilines is 1. The lowest BCUT2D eigenvalue weighted by Gasteiger charge is -2.13. The Morgan fingerprint density at radius 1 is 1.45 bits per heavy atom. The van der Waals surface area contributed by atoms with Crippen molar-refractivity contribution in [2.24, 2.45) is 0 Å². The van der Waals surface area contributed by atoms with Gasteiger partial charge in [-0.15, -0.1) is 0 Å². The number of amides is 1. The van der Waals surface area contributed by atoms with Crippen molar-refractivity contribution in [2.45, 2.75) is 26.3 Å². The van der Waals surface area contributed by atoms with E-state index in [9.17, 15) is 13.2 Å². The summed E-state index contributed by atoms with van der Waals surface area (Å²) >= 11 is 0. The highest BCUT2D eigenvalue weighted by atomic mass is 32.2. The molecule has 1 amide bonds. The lowest BCUT2D eigenvalue weighted by atomic mass is 10.2. The van der Waals surface area contributed by atoms with Gasteiger partial charge in [0.05, 0.1) is 0 Å². The molecule has 1 aromatic heterocycles. The Labute approximate surface area is 119 Å². The Hall–Kier alpha value is -1.67. The van der Waals surface area contributed by atoms with Gasteiger partial charge in [-0.2, -0.15) is 0 Å². The number of sulfone groups is 1. The number of aromatic nitrogens is 1. The molecule has 0 radical (unpaired) electrons. The van der Waals surface area contributed by atoms with Crippen LogP contribution in [-0.2, 0) is 9.84 Å². The third-order valence-corrected chi connectivity index (χ3v) is 3.25. The van der Waals surface area contributed by atoms with E-state index in [2.05, 4.69) is 21.2 Å². The molecule has 0 fully saturated rings. The standard InChI is InChI=1S/C12H20N4O3S/c1-4-9(2)15-16-12(17)10-5-6-13-11(7-10)14-8-20(3,18)19/h5-7,9,15H,4,8H2,1-3H3,(H,13,14)(H,16,17)/t9-/m0/s1. The molecule has 1 heterocycles. The number of nitrogens with zero attached hydrogens (tertiary/aromatic N) is 1. The summed E-state index contributed by atoms with van der Waals surface area (Å²) in [4.78, 5) is 15.8. The van der Waals surface area contributed by atoms with Crippen LogP contribution in [0.1, 0.15) is 30.6 Å². The second-order valence-electron chi connectivity index (χ2n) is 4.58. The Morgan fingerprint density at radius 2 is 2.15 bits per heavy atom. The minimum absolute atomic E-state index is 0.170. The zero-order valence-corrected chi connectivity index (χ0v) is 12.6. The molecule has 0 unspecified atom stereocenters. The highest BCUT2D eigenvalue weighted by molar-refractivity contribution is 7.90. The fourth-order valence-corrected chi connectivity index (χ4v) is 1.65. The molecule has 3 N–H and O–H groups in total. The van der Waals surface area contributed by atoms with Gasteiger partial charge in [0.2, 0.25) is 0 Å². The van der Waals surface area contributed by atoms with E-state index in [4.69, 9.17) is 0 Å². The maximum Gasteiger partial charge on any atom is 0.265 e. The predicted molar refractivity (Wildman–Crippen MR) is 77.9 cm³/mol. The van der Waals surface area contributed by atoms with Crippen LogP contribution >= 0.6 is 0 Å². The van der Waals surface area contributed by atoms with Crippen LogP contribution in [0.3, 0.4) is 0 Å². The van der Waals surface area contributed by atoms with E-state index < -0.39 is 9.84 Å². The summed E-state index contributed by atoms with van der Waals surface area (Å²) in [5.74, 6) is -0.183. The first-order valence-corrected chi connectivity index (χ1v) is 8.31. The van der Waals surface area contributed by atoms with Crippen LogP contribution in [-0.4, -0.2) is 37.5 Å². The van der Waals surface area contributed by atoms with Crippen molar-refractivity contribution in [1.82, 2.24) is 15.8 Å². The Morgan fingerprint density at radius 3 is 2.75 bits per heavy atom. The SMILES string of the molecule is CC[C@H](C)NNC(=O)c1ccnc(NCS(C)(=O)=O)c1. The number of rotatable bonds is 7. The molecule has 0 bridgehead atoms.